The first kappa shape index (κ1) is 24.2. The molecule has 6 heteroatoms. The Morgan fingerprint density at radius 3 is 2.47 bits per heavy atom. The molecule has 2 amide bonds. The molecule has 0 radical (unpaired) electrons. The molecule has 0 aromatic heterocycles. The van der Waals surface area contributed by atoms with Gasteiger partial charge in [0.1, 0.15) is 11.6 Å². The van der Waals surface area contributed by atoms with Gasteiger partial charge in [-0.15, -0.1) is 0 Å². The van der Waals surface area contributed by atoms with Crippen molar-refractivity contribution in [1.29, 1.82) is 0 Å². The zero-order chi connectivity index (χ0) is 24.2. The smallest absolute Gasteiger partial charge is 0.263 e. The number of fused-ring (bicyclic) bond motifs is 1. The molecular formula is C28H35FN2O3. The minimum Gasteiger partial charge on any atom is -0.481 e. The number of ether oxygens (including phenoxy) is 1. The summed E-state index contributed by atoms with van der Waals surface area (Å²) in [5.74, 6) is 0.530. The highest BCUT2D eigenvalue weighted by Gasteiger charge is 2.36. The number of halogens is 1. The maximum absolute atomic E-state index is 13.7. The highest BCUT2D eigenvalue weighted by molar-refractivity contribution is 5.81. The van der Waals surface area contributed by atoms with Crippen LogP contribution < -0.4 is 4.74 Å². The van der Waals surface area contributed by atoms with E-state index in [1.807, 2.05) is 36.9 Å². The Bertz CT molecular complexity index is 1020. The third kappa shape index (κ3) is 4.96. The Morgan fingerprint density at radius 1 is 1.12 bits per heavy atom. The third-order valence-electron chi connectivity index (χ3n) is 7.29. The monoisotopic (exact) mass is 466 g/mol. The highest BCUT2D eigenvalue weighted by atomic mass is 19.1. The zero-order valence-corrected chi connectivity index (χ0v) is 20.4. The minimum absolute atomic E-state index is 0.0455. The number of amides is 2. The lowest BCUT2D eigenvalue weighted by Crippen LogP contribution is -2.43. The van der Waals surface area contributed by atoms with Gasteiger partial charge in [0.05, 0.1) is 6.04 Å². The summed E-state index contributed by atoms with van der Waals surface area (Å²) in [5, 5.41) is 0. The van der Waals surface area contributed by atoms with Crippen molar-refractivity contribution < 1.29 is 18.7 Å². The first-order chi connectivity index (χ1) is 16.4. The summed E-state index contributed by atoms with van der Waals surface area (Å²) >= 11 is 0. The topological polar surface area (TPSA) is 49.9 Å². The van der Waals surface area contributed by atoms with E-state index in [4.69, 9.17) is 4.74 Å². The van der Waals surface area contributed by atoms with Gasteiger partial charge in [0, 0.05) is 26.1 Å². The van der Waals surface area contributed by atoms with Crippen molar-refractivity contribution >= 4 is 11.8 Å². The molecule has 2 aliphatic rings. The molecule has 34 heavy (non-hydrogen) atoms. The van der Waals surface area contributed by atoms with Crippen LogP contribution >= 0.6 is 0 Å². The van der Waals surface area contributed by atoms with Crippen molar-refractivity contribution in [2.24, 2.45) is 5.92 Å². The molecule has 1 fully saturated rings. The summed E-state index contributed by atoms with van der Waals surface area (Å²) in [5.41, 5.74) is 3.04. The van der Waals surface area contributed by atoms with Crippen molar-refractivity contribution in [1.82, 2.24) is 9.80 Å². The second kappa shape index (κ2) is 10.6. The summed E-state index contributed by atoms with van der Waals surface area (Å²) in [6.45, 7) is 5.14. The van der Waals surface area contributed by atoms with Gasteiger partial charge in [-0.1, -0.05) is 38.0 Å². The Morgan fingerprint density at radius 2 is 1.82 bits per heavy atom. The van der Waals surface area contributed by atoms with E-state index in [2.05, 4.69) is 0 Å². The Labute approximate surface area is 201 Å². The molecular weight excluding hydrogens is 431 g/mol. The average molecular weight is 467 g/mol. The number of carbonyl (C=O) groups excluding carboxylic acids is 2. The van der Waals surface area contributed by atoms with E-state index in [1.165, 1.54) is 12.1 Å². The lowest BCUT2D eigenvalue weighted by atomic mass is 9.87. The van der Waals surface area contributed by atoms with E-state index in [9.17, 15) is 14.0 Å². The predicted molar refractivity (Wildman–Crippen MR) is 130 cm³/mol. The van der Waals surface area contributed by atoms with Crippen LogP contribution in [0, 0.1) is 11.7 Å². The molecule has 5 nitrogen and oxygen atoms in total. The van der Waals surface area contributed by atoms with E-state index in [0.29, 0.717) is 25.3 Å². The van der Waals surface area contributed by atoms with Gasteiger partial charge in [-0.2, -0.15) is 0 Å². The molecule has 1 aliphatic heterocycles. The van der Waals surface area contributed by atoms with Crippen LogP contribution in [0.25, 0.3) is 0 Å². The Hall–Kier alpha value is -2.89. The first-order valence-corrected chi connectivity index (χ1v) is 12.5. The molecule has 0 spiro atoms. The average Bonchev–Trinajstić information content (AvgIpc) is 3.41. The van der Waals surface area contributed by atoms with Gasteiger partial charge in [0.15, 0.2) is 6.10 Å². The SMILES string of the molecule is CC[C@H](Oc1ccc2c(c1)[C@H](c1ccc(F)cc1)N(C(=O)C1CCCC1)CC2)C(=O)N(C)CC. The number of benzene rings is 2. The van der Waals surface area contributed by atoms with Crippen LogP contribution in [0.15, 0.2) is 42.5 Å². The fraction of sp³-hybridized carbons (Fsp3) is 0.500. The van der Waals surface area contributed by atoms with Crippen molar-refractivity contribution in [3.8, 4) is 5.75 Å². The standard InChI is InChI=1S/C28H35FN2O3/c1-4-25(28(33)30(3)5-2)34-23-15-12-19-16-17-31(27(32)21-8-6-7-9-21)26(24(19)18-23)20-10-13-22(29)14-11-20/h10-15,18,21,25-26H,4-9,16-17H2,1-3H3/t25-,26-/m0/s1. The fourth-order valence-corrected chi connectivity index (χ4v) is 5.19. The summed E-state index contributed by atoms with van der Waals surface area (Å²) in [7, 11) is 1.78. The van der Waals surface area contributed by atoms with Crippen LogP contribution in [0.3, 0.4) is 0 Å². The molecule has 0 N–H and O–H groups in total. The first-order valence-electron chi connectivity index (χ1n) is 12.5. The van der Waals surface area contributed by atoms with Crippen LogP contribution in [0.5, 0.6) is 5.75 Å². The van der Waals surface area contributed by atoms with Gasteiger partial charge in [-0.05, 0) is 73.6 Å². The molecule has 1 heterocycles. The third-order valence-corrected chi connectivity index (χ3v) is 7.29. The number of hydrogen-bond acceptors (Lipinski definition) is 3. The molecule has 0 saturated heterocycles. The maximum Gasteiger partial charge on any atom is 0.263 e. The van der Waals surface area contributed by atoms with Crippen LogP contribution in [-0.2, 0) is 16.0 Å². The lowest BCUT2D eigenvalue weighted by Gasteiger charge is -2.39. The summed E-state index contributed by atoms with van der Waals surface area (Å²) in [6.07, 6.45) is 4.83. The molecule has 1 aliphatic carbocycles. The van der Waals surface area contributed by atoms with E-state index >= 15 is 0 Å². The normalized spacial score (nSPS) is 18.9. The fourth-order valence-electron chi connectivity index (χ4n) is 5.19. The predicted octanol–water partition coefficient (Wildman–Crippen LogP) is 5.13. The van der Waals surface area contributed by atoms with E-state index < -0.39 is 6.10 Å². The number of carbonyl (C=O) groups is 2. The van der Waals surface area contributed by atoms with Gasteiger partial charge in [-0.3, -0.25) is 9.59 Å². The second-order valence-electron chi connectivity index (χ2n) is 9.44. The molecule has 2 atom stereocenters. The van der Waals surface area contributed by atoms with Crippen LogP contribution in [0.1, 0.15) is 68.7 Å². The van der Waals surface area contributed by atoms with E-state index in [0.717, 1.165) is 48.8 Å². The van der Waals surface area contributed by atoms with Crippen LogP contribution in [0.4, 0.5) is 4.39 Å². The number of likely N-dealkylation sites (N-methyl/N-ethyl adjacent to an activating group) is 1. The quantitative estimate of drug-likeness (QED) is 0.569. The Kier molecular flexibility index (Phi) is 7.54. The molecule has 4 rings (SSSR count). The van der Waals surface area contributed by atoms with E-state index in [1.54, 1.807) is 24.1 Å². The number of rotatable bonds is 7. The number of nitrogens with zero attached hydrogens (tertiary/aromatic N) is 2. The molecule has 1 saturated carbocycles. The molecule has 2 aromatic carbocycles. The molecule has 2 aromatic rings. The molecule has 182 valence electrons. The summed E-state index contributed by atoms with van der Waals surface area (Å²) in [6, 6.07) is 12.1. The van der Waals surface area contributed by atoms with Gasteiger partial charge < -0.3 is 14.5 Å². The lowest BCUT2D eigenvalue weighted by molar-refractivity contribution is -0.137. The van der Waals surface area contributed by atoms with Crippen molar-refractivity contribution in [3.05, 3.63) is 65.0 Å². The maximum atomic E-state index is 13.7. The molecule has 0 bridgehead atoms. The van der Waals surface area contributed by atoms with Gasteiger partial charge >= 0.3 is 0 Å². The van der Waals surface area contributed by atoms with Crippen molar-refractivity contribution in [3.63, 3.8) is 0 Å². The molecule has 0 unspecified atom stereocenters. The van der Waals surface area contributed by atoms with Crippen LogP contribution in [0.2, 0.25) is 0 Å². The van der Waals surface area contributed by atoms with Crippen molar-refractivity contribution in [2.45, 2.75) is 64.5 Å². The minimum atomic E-state index is -0.563. The largest absolute Gasteiger partial charge is 0.481 e. The number of hydrogen-bond donors (Lipinski definition) is 0. The van der Waals surface area contributed by atoms with Crippen molar-refractivity contribution in [2.75, 3.05) is 20.1 Å². The van der Waals surface area contributed by atoms with Gasteiger partial charge in [-0.25, -0.2) is 4.39 Å². The summed E-state index contributed by atoms with van der Waals surface area (Å²) in [4.78, 5) is 29.9. The van der Waals surface area contributed by atoms with Gasteiger partial charge in [0.2, 0.25) is 5.91 Å². The zero-order valence-electron chi connectivity index (χ0n) is 20.4. The van der Waals surface area contributed by atoms with Crippen LogP contribution in [-0.4, -0.2) is 47.9 Å². The highest BCUT2D eigenvalue weighted by Crippen LogP contribution is 2.40. The van der Waals surface area contributed by atoms with Gasteiger partial charge in [0.25, 0.3) is 5.91 Å². The van der Waals surface area contributed by atoms with E-state index in [-0.39, 0.29) is 29.6 Å². The second-order valence-corrected chi connectivity index (χ2v) is 9.44. The Balaban J connectivity index is 1.69. The summed E-state index contributed by atoms with van der Waals surface area (Å²) < 4.78 is 19.9.